The van der Waals surface area contributed by atoms with E-state index in [4.69, 9.17) is 0 Å². The van der Waals surface area contributed by atoms with E-state index < -0.39 is 0 Å². The van der Waals surface area contributed by atoms with Crippen LogP contribution in [0.15, 0.2) is 30.6 Å². The first-order valence-electron chi connectivity index (χ1n) is 7.74. The molecule has 0 bridgehead atoms. The quantitative estimate of drug-likeness (QED) is 0.854. The van der Waals surface area contributed by atoms with Gasteiger partial charge in [-0.1, -0.05) is 6.07 Å². The minimum atomic E-state index is -0.314. The molecule has 0 fully saturated rings. The van der Waals surface area contributed by atoms with Crippen molar-refractivity contribution in [3.8, 4) is 0 Å². The molecule has 1 aromatic heterocycles. The Morgan fingerprint density at radius 2 is 2.22 bits per heavy atom. The molecule has 0 spiro atoms. The molecular formula is C17H23FN4O. The first-order chi connectivity index (χ1) is 11.0. The lowest BCUT2D eigenvalue weighted by atomic mass is 10.2. The summed E-state index contributed by atoms with van der Waals surface area (Å²) in [4.78, 5) is 18.3. The van der Waals surface area contributed by atoms with Crippen LogP contribution in [0.2, 0.25) is 0 Å². The maximum Gasteiger partial charge on any atom is 0.225 e. The lowest BCUT2D eigenvalue weighted by Crippen LogP contribution is -2.25. The average Bonchev–Trinajstić information content (AvgIpc) is 2.96. The summed E-state index contributed by atoms with van der Waals surface area (Å²) in [6.07, 6.45) is 4.08. The van der Waals surface area contributed by atoms with Gasteiger partial charge in [0.15, 0.2) is 0 Å². The van der Waals surface area contributed by atoms with Crippen molar-refractivity contribution in [3.05, 3.63) is 47.8 Å². The van der Waals surface area contributed by atoms with Crippen molar-refractivity contribution in [3.63, 3.8) is 0 Å². The number of rotatable bonds is 7. The van der Waals surface area contributed by atoms with E-state index in [9.17, 15) is 9.18 Å². The number of hydrogen-bond donors (Lipinski definition) is 1. The van der Waals surface area contributed by atoms with Crippen LogP contribution >= 0.6 is 0 Å². The number of aromatic nitrogens is 2. The van der Waals surface area contributed by atoms with Crippen molar-refractivity contribution in [2.45, 2.75) is 33.4 Å². The first kappa shape index (κ1) is 17.1. The number of nitrogens with zero attached hydrogens (tertiary/aromatic N) is 3. The molecule has 0 saturated heterocycles. The normalized spacial score (nSPS) is 11.0. The molecule has 0 aliphatic heterocycles. The summed E-state index contributed by atoms with van der Waals surface area (Å²) in [6, 6.07) is 4.70. The monoisotopic (exact) mass is 318 g/mol. The molecule has 0 radical (unpaired) electrons. The van der Waals surface area contributed by atoms with Crippen molar-refractivity contribution in [1.82, 2.24) is 14.5 Å². The van der Waals surface area contributed by atoms with Crippen LogP contribution in [-0.2, 0) is 17.9 Å². The molecule has 23 heavy (non-hydrogen) atoms. The Balaban J connectivity index is 1.80. The summed E-state index contributed by atoms with van der Waals surface area (Å²) in [5.74, 6) is 0.543. The van der Waals surface area contributed by atoms with Crippen LogP contribution in [0.1, 0.15) is 24.7 Å². The first-order valence-corrected chi connectivity index (χ1v) is 7.74. The fourth-order valence-electron chi connectivity index (χ4n) is 2.29. The molecule has 1 heterocycles. The van der Waals surface area contributed by atoms with Crippen molar-refractivity contribution in [2.24, 2.45) is 0 Å². The number of carbonyl (C=O) groups is 1. The molecule has 0 aliphatic rings. The van der Waals surface area contributed by atoms with Crippen LogP contribution < -0.4 is 5.32 Å². The smallest absolute Gasteiger partial charge is 0.225 e. The highest BCUT2D eigenvalue weighted by molar-refractivity contribution is 5.90. The fourth-order valence-corrected chi connectivity index (χ4v) is 2.29. The van der Waals surface area contributed by atoms with E-state index in [-0.39, 0.29) is 11.7 Å². The third-order valence-corrected chi connectivity index (χ3v) is 3.73. The Kier molecular flexibility index (Phi) is 5.87. The molecule has 2 rings (SSSR count). The zero-order chi connectivity index (χ0) is 16.8. The predicted octanol–water partition coefficient (Wildman–Crippen LogP) is 2.81. The van der Waals surface area contributed by atoms with Gasteiger partial charge in [-0.2, -0.15) is 0 Å². The summed E-state index contributed by atoms with van der Waals surface area (Å²) in [7, 11) is 1.95. The number of carbonyl (C=O) groups excluding carboxylic acids is 1. The fraction of sp³-hybridized carbons (Fsp3) is 0.412. The van der Waals surface area contributed by atoms with Gasteiger partial charge in [0.25, 0.3) is 0 Å². The Bertz CT molecular complexity index is 668. The van der Waals surface area contributed by atoms with E-state index in [2.05, 4.69) is 21.8 Å². The summed E-state index contributed by atoms with van der Waals surface area (Å²) in [5, 5.41) is 2.72. The Morgan fingerprint density at radius 1 is 1.43 bits per heavy atom. The number of imidazole rings is 1. The number of halogens is 1. The molecule has 0 unspecified atom stereocenters. The van der Waals surface area contributed by atoms with Gasteiger partial charge < -0.3 is 9.88 Å². The predicted molar refractivity (Wildman–Crippen MR) is 88.6 cm³/mol. The van der Waals surface area contributed by atoms with Crippen molar-refractivity contribution < 1.29 is 9.18 Å². The summed E-state index contributed by atoms with van der Waals surface area (Å²) in [6.45, 7) is 5.93. The maximum atomic E-state index is 13.5. The third kappa shape index (κ3) is 4.89. The maximum absolute atomic E-state index is 13.5. The van der Waals surface area contributed by atoms with E-state index in [0.29, 0.717) is 30.8 Å². The van der Waals surface area contributed by atoms with Gasteiger partial charge in [0.1, 0.15) is 11.6 Å². The summed E-state index contributed by atoms with van der Waals surface area (Å²) < 4.78 is 15.5. The van der Waals surface area contributed by atoms with E-state index in [1.54, 1.807) is 25.3 Å². The third-order valence-electron chi connectivity index (χ3n) is 3.73. The highest BCUT2D eigenvalue weighted by atomic mass is 19.1. The van der Waals surface area contributed by atoms with Crippen LogP contribution in [0, 0.1) is 12.7 Å². The molecule has 1 amide bonds. The molecule has 0 aliphatic carbocycles. The largest absolute Gasteiger partial charge is 0.334 e. The second-order valence-electron chi connectivity index (χ2n) is 5.63. The Labute approximate surface area is 136 Å². The second kappa shape index (κ2) is 7.87. The van der Waals surface area contributed by atoms with Gasteiger partial charge in [0, 0.05) is 37.6 Å². The van der Waals surface area contributed by atoms with E-state index in [1.807, 2.05) is 18.1 Å². The van der Waals surface area contributed by atoms with Gasteiger partial charge in [-0.15, -0.1) is 0 Å². The Morgan fingerprint density at radius 3 is 2.91 bits per heavy atom. The van der Waals surface area contributed by atoms with E-state index in [0.717, 1.165) is 12.4 Å². The van der Waals surface area contributed by atoms with Crippen molar-refractivity contribution >= 4 is 11.6 Å². The SMILES string of the molecule is CCn1ccnc1CN(C)CCC(=O)Nc1ccc(C)c(F)c1. The highest BCUT2D eigenvalue weighted by Gasteiger charge is 2.09. The number of benzene rings is 1. The van der Waals surface area contributed by atoms with E-state index in [1.165, 1.54) is 6.07 Å². The Hall–Kier alpha value is -2.21. The average molecular weight is 318 g/mol. The van der Waals surface area contributed by atoms with Gasteiger partial charge in [-0.05, 0) is 38.6 Å². The van der Waals surface area contributed by atoms with Gasteiger partial charge in [-0.3, -0.25) is 9.69 Å². The minimum Gasteiger partial charge on any atom is -0.334 e. The lowest BCUT2D eigenvalue weighted by Gasteiger charge is -2.16. The number of amides is 1. The molecule has 5 nitrogen and oxygen atoms in total. The molecule has 6 heteroatoms. The van der Waals surface area contributed by atoms with Gasteiger partial charge in [0.05, 0.1) is 6.54 Å². The highest BCUT2D eigenvalue weighted by Crippen LogP contribution is 2.13. The zero-order valence-corrected chi connectivity index (χ0v) is 13.8. The van der Waals surface area contributed by atoms with Crippen LogP contribution in [-0.4, -0.2) is 34.0 Å². The minimum absolute atomic E-state index is 0.126. The number of anilines is 1. The lowest BCUT2D eigenvalue weighted by molar-refractivity contribution is -0.116. The summed E-state index contributed by atoms with van der Waals surface area (Å²) >= 11 is 0. The van der Waals surface area contributed by atoms with Crippen molar-refractivity contribution in [1.29, 1.82) is 0 Å². The van der Waals surface area contributed by atoms with Crippen LogP contribution in [0.25, 0.3) is 0 Å². The van der Waals surface area contributed by atoms with Crippen LogP contribution in [0.3, 0.4) is 0 Å². The van der Waals surface area contributed by atoms with E-state index >= 15 is 0 Å². The number of aryl methyl sites for hydroxylation is 2. The van der Waals surface area contributed by atoms with Gasteiger partial charge in [0.2, 0.25) is 5.91 Å². The molecule has 2 aromatic rings. The summed E-state index contributed by atoms with van der Waals surface area (Å²) in [5.41, 5.74) is 1.05. The van der Waals surface area contributed by atoms with Crippen LogP contribution in [0.4, 0.5) is 10.1 Å². The number of nitrogens with one attached hydrogen (secondary N) is 1. The second-order valence-corrected chi connectivity index (χ2v) is 5.63. The molecule has 1 aromatic carbocycles. The standard InChI is InChI=1S/C17H23FN4O/c1-4-22-10-8-19-16(22)12-21(3)9-7-17(23)20-14-6-5-13(2)15(18)11-14/h5-6,8,10-11H,4,7,9,12H2,1-3H3,(H,20,23). The van der Waals surface area contributed by atoms with Crippen molar-refractivity contribution in [2.75, 3.05) is 18.9 Å². The molecular weight excluding hydrogens is 295 g/mol. The molecule has 1 N–H and O–H groups in total. The zero-order valence-electron chi connectivity index (χ0n) is 13.8. The molecule has 0 saturated carbocycles. The molecule has 124 valence electrons. The van der Waals surface area contributed by atoms with Gasteiger partial charge in [-0.25, -0.2) is 9.37 Å². The molecule has 0 atom stereocenters. The number of hydrogen-bond acceptors (Lipinski definition) is 3. The van der Waals surface area contributed by atoms with Crippen LogP contribution in [0.5, 0.6) is 0 Å². The topological polar surface area (TPSA) is 50.2 Å². The van der Waals surface area contributed by atoms with Gasteiger partial charge >= 0.3 is 0 Å².